The number of amides is 1. The smallest absolute Gasteiger partial charge is 0.410 e. The van der Waals surface area contributed by atoms with Gasteiger partial charge in [-0.1, -0.05) is 5.16 Å². The number of methoxy groups -OCH3 is 1. The molecule has 8 nitrogen and oxygen atoms in total. The first-order valence-corrected chi connectivity index (χ1v) is 7.29. The largest absolute Gasteiger partial charge is 0.444 e. The van der Waals surface area contributed by atoms with Gasteiger partial charge >= 0.3 is 6.09 Å². The fourth-order valence-corrected chi connectivity index (χ4v) is 2.22. The number of ether oxygens (including phenoxy) is 2. The SMILES string of the molecule is COCc1noc(C2CN(C(=O)OC(C)(C)C)CCN2C)n1. The summed E-state index contributed by atoms with van der Waals surface area (Å²) in [6.45, 7) is 7.65. The van der Waals surface area contributed by atoms with Crippen LogP contribution in [0.5, 0.6) is 0 Å². The molecule has 2 heterocycles. The molecule has 124 valence electrons. The van der Waals surface area contributed by atoms with Crippen molar-refractivity contribution in [3.8, 4) is 0 Å². The van der Waals surface area contributed by atoms with Crippen molar-refractivity contribution in [3.05, 3.63) is 11.7 Å². The van der Waals surface area contributed by atoms with Crippen LogP contribution >= 0.6 is 0 Å². The van der Waals surface area contributed by atoms with E-state index in [0.717, 1.165) is 0 Å². The van der Waals surface area contributed by atoms with Crippen LogP contribution in [0.15, 0.2) is 4.52 Å². The summed E-state index contributed by atoms with van der Waals surface area (Å²) in [6.07, 6.45) is -0.317. The molecule has 1 aromatic rings. The van der Waals surface area contributed by atoms with Crippen molar-refractivity contribution in [2.24, 2.45) is 0 Å². The van der Waals surface area contributed by atoms with Crippen molar-refractivity contribution in [2.45, 2.75) is 39.0 Å². The second-order valence-electron chi connectivity index (χ2n) is 6.40. The van der Waals surface area contributed by atoms with Crippen LogP contribution in [0.2, 0.25) is 0 Å². The van der Waals surface area contributed by atoms with Crippen molar-refractivity contribution in [1.82, 2.24) is 19.9 Å². The van der Waals surface area contributed by atoms with Crippen LogP contribution < -0.4 is 0 Å². The van der Waals surface area contributed by atoms with Gasteiger partial charge in [-0.15, -0.1) is 0 Å². The van der Waals surface area contributed by atoms with Gasteiger partial charge in [0, 0.05) is 26.7 Å². The summed E-state index contributed by atoms with van der Waals surface area (Å²) in [6, 6.07) is -0.139. The summed E-state index contributed by atoms with van der Waals surface area (Å²) in [5.41, 5.74) is -0.508. The molecule has 1 aliphatic heterocycles. The first-order chi connectivity index (χ1) is 10.3. The number of carbonyl (C=O) groups excluding carboxylic acids is 1. The fourth-order valence-electron chi connectivity index (χ4n) is 2.22. The molecule has 8 heteroatoms. The van der Waals surface area contributed by atoms with Crippen molar-refractivity contribution in [3.63, 3.8) is 0 Å². The Morgan fingerprint density at radius 2 is 2.14 bits per heavy atom. The third kappa shape index (κ3) is 4.17. The molecule has 0 aromatic carbocycles. The Hall–Kier alpha value is -1.67. The first-order valence-electron chi connectivity index (χ1n) is 7.29. The van der Waals surface area contributed by atoms with E-state index < -0.39 is 5.60 Å². The van der Waals surface area contributed by atoms with Gasteiger partial charge in [0.2, 0.25) is 5.89 Å². The van der Waals surface area contributed by atoms with E-state index in [-0.39, 0.29) is 12.1 Å². The highest BCUT2D eigenvalue weighted by Crippen LogP contribution is 2.24. The van der Waals surface area contributed by atoms with Crippen LogP contribution in [0.1, 0.15) is 38.5 Å². The maximum Gasteiger partial charge on any atom is 0.410 e. The molecular formula is C14H24N4O4. The standard InChI is InChI=1S/C14H24N4O4/c1-14(2,3)21-13(19)18-7-6-17(4)10(8-18)12-15-11(9-20-5)16-22-12/h10H,6-9H2,1-5H3. The third-order valence-corrected chi connectivity index (χ3v) is 3.34. The second-order valence-corrected chi connectivity index (χ2v) is 6.40. The molecule has 1 fully saturated rings. The van der Waals surface area contributed by atoms with E-state index in [1.165, 1.54) is 0 Å². The number of likely N-dealkylation sites (N-methyl/N-ethyl adjacent to an activating group) is 1. The number of hydrogen-bond donors (Lipinski definition) is 0. The quantitative estimate of drug-likeness (QED) is 0.835. The van der Waals surface area contributed by atoms with Crippen molar-refractivity contribution in [1.29, 1.82) is 0 Å². The topological polar surface area (TPSA) is 80.9 Å². The molecule has 0 spiro atoms. The van der Waals surface area contributed by atoms with Gasteiger partial charge in [-0.3, -0.25) is 4.90 Å². The van der Waals surface area contributed by atoms with Crippen LogP contribution in [0, 0.1) is 0 Å². The van der Waals surface area contributed by atoms with Crippen LogP contribution in [0.25, 0.3) is 0 Å². The lowest BCUT2D eigenvalue weighted by molar-refractivity contribution is 0.00409. The highest BCUT2D eigenvalue weighted by molar-refractivity contribution is 5.68. The molecule has 0 radical (unpaired) electrons. The Balaban J connectivity index is 2.05. The average Bonchev–Trinajstić information content (AvgIpc) is 2.86. The molecule has 1 aliphatic rings. The Bertz CT molecular complexity index is 511. The molecule has 1 unspecified atom stereocenters. The average molecular weight is 312 g/mol. The zero-order valence-corrected chi connectivity index (χ0v) is 13.8. The van der Waals surface area contributed by atoms with E-state index in [4.69, 9.17) is 14.0 Å². The molecule has 1 aromatic heterocycles. The molecule has 22 heavy (non-hydrogen) atoms. The molecule has 0 aliphatic carbocycles. The maximum atomic E-state index is 12.2. The third-order valence-electron chi connectivity index (χ3n) is 3.34. The molecule has 1 saturated heterocycles. The number of aromatic nitrogens is 2. The zero-order valence-electron chi connectivity index (χ0n) is 13.8. The van der Waals surface area contributed by atoms with Crippen LogP contribution in [-0.2, 0) is 16.1 Å². The van der Waals surface area contributed by atoms with Crippen LogP contribution in [0.4, 0.5) is 4.79 Å². The summed E-state index contributed by atoms with van der Waals surface area (Å²) in [5, 5.41) is 3.87. The summed E-state index contributed by atoms with van der Waals surface area (Å²) >= 11 is 0. The monoisotopic (exact) mass is 312 g/mol. The molecule has 2 rings (SSSR count). The minimum atomic E-state index is -0.508. The number of hydrogen-bond acceptors (Lipinski definition) is 7. The van der Waals surface area contributed by atoms with E-state index in [2.05, 4.69) is 15.0 Å². The fraction of sp³-hybridized carbons (Fsp3) is 0.786. The van der Waals surface area contributed by atoms with E-state index >= 15 is 0 Å². The van der Waals surface area contributed by atoms with Gasteiger partial charge in [0.25, 0.3) is 0 Å². The molecule has 0 saturated carbocycles. The van der Waals surface area contributed by atoms with Gasteiger partial charge in [0.15, 0.2) is 5.82 Å². The summed E-state index contributed by atoms with van der Waals surface area (Å²) < 4.78 is 15.7. The molecule has 1 amide bonds. The second kappa shape index (κ2) is 6.62. The van der Waals surface area contributed by atoms with Crippen molar-refractivity contribution < 1.29 is 18.8 Å². The van der Waals surface area contributed by atoms with Crippen LogP contribution in [-0.4, -0.2) is 65.4 Å². The predicted octanol–water partition coefficient (Wildman–Crippen LogP) is 1.44. The lowest BCUT2D eigenvalue weighted by Gasteiger charge is -2.38. The maximum absolute atomic E-state index is 12.2. The Morgan fingerprint density at radius 1 is 1.41 bits per heavy atom. The van der Waals surface area contributed by atoms with Gasteiger partial charge < -0.3 is 18.9 Å². The highest BCUT2D eigenvalue weighted by Gasteiger charge is 2.34. The normalized spacial score (nSPS) is 20.2. The lowest BCUT2D eigenvalue weighted by Crippen LogP contribution is -2.50. The number of piperazine rings is 1. The minimum absolute atomic E-state index is 0.139. The Kier molecular flexibility index (Phi) is 5.02. The first kappa shape index (κ1) is 16.7. The van der Waals surface area contributed by atoms with E-state index in [0.29, 0.717) is 38.0 Å². The number of rotatable bonds is 3. The molecular weight excluding hydrogens is 288 g/mol. The lowest BCUT2D eigenvalue weighted by atomic mass is 10.2. The summed E-state index contributed by atoms with van der Waals surface area (Å²) in [7, 11) is 3.55. The molecule has 1 atom stereocenters. The number of nitrogens with zero attached hydrogens (tertiary/aromatic N) is 4. The number of carbonyl (C=O) groups is 1. The molecule has 0 N–H and O–H groups in total. The highest BCUT2D eigenvalue weighted by atomic mass is 16.6. The summed E-state index contributed by atoms with van der Waals surface area (Å²) in [5.74, 6) is 0.989. The summed E-state index contributed by atoms with van der Waals surface area (Å²) in [4.78, 5) is 20.3. The van der Waals surface area contributed by atoms with Crippen molar-refractivity contribution in [2.75, 3.05) is 33.8 Å². The van der Waals surface area contributed by atoms with E-state index in [1.807, 2.05) is 27.8 Å². The van der Waals surface area contributed by atoms with Gasteiger partial charge in [-0.05, 0) is 27.8 Å². The van der Waals surface area contributed by atoms with Gasteiger partial charge in [0.1, 0.15) is 18.2 Å². The zero-order chi connectivity index (χ0) is 16.3. The predicted molar refractivity (Wildman–Crippen MR) is 78.2 cm³/mol. The van der Waals surface area contributed by atoms with E-state index in [9.17, 15) is 4.79 Å². The van der Waals surface area contributed by atoms with E-state index in [1.54, 1.807) is 12.0 Å². The van der Waals surface area contributed by atoms with Gasteiger partial charge in [0.05, 0.1) is 0 Å². The van der Waals surface area contributed by atoms with Crippen LogP contribution in [0.3, 0.4) is 0 Å². The Labute approximate surface area is 130 Å². The van der Waals surface area contributed by atoms with Gasteiger partial charge in [-0.2, -0.15) is 4.98 Å². The molecule has 0 bridgehead atoms. The van der Waals surface area contributed by atoms with Crippen molar-refractivity contribution >= 4 is 6.09 Å². The van der Waals surface area contributed by atoms with Gasteiger partial charge in [-0.25, -0.2) is 4.79 Å². The Morgan fingerprint density at radius 3 is 2.77 bits per heavy atom. The minimum Gasteiger partial charge on any atom is -0.444 e.